The molecule has 0 aliphatic carbocycles. The fourth-order valence-corrected chi connectivity index (χ4v) is 2.23. The molecule has 0 fully saturated rings. The summed E-state index contributed by atoms with van der Waals surface area (Å²) in [5.41, 5.74) is 1.75. The maximum atomic E-state index is 12.5. The number of hydrogen-bond acceptors (Lipinski definition) is 5. The van der Waals surface area contributed by atoms with Gasteiger partial charge in [-0.2, -0.15) is 10.1 Å². The smallest absolute Gasteiger partial charge is 0.259 e. The number of rotatable bonds is 4. The zero-order valence-electron chi connectivity index (χ0n) is 13.2. The first kappa shape index (κ1) is 15.0. The Labute approximate surface area is 133 Å². The number of hydrogen-bond donors (Lipinski definition) is 1. The molecule has 3 aromatic rings. The minimum atomic E-state index is -0.241. The van der Waals surface area contributed by atoms with Crippen LogP contribution in [0.1, 0.15) is 28.8 Å². The SMILES string of the molecule is CCOc1ccc(NC(=O)c2cn3nc(C)nc3nc2C)cc1. The van der Waals surface area contributed by atoms with Gasteiger partial charge in [0.1, 0.15) is 11.6 Å². The van der Waals surface area contributed by atoms with Crippen LogP contribution in [0.2, 0.25) is 0 Å². The Morgan fingerprint density at radius 2 is 1.96 bits per heavy atom. The Hall–Kier alpha value is -2.96. The minimum absolute atomic E-state index is 0.241. The van der Waals surface area contributed by atoms with Crippen LogP contribution in [-0.4, -0.2) is 32.1 Å². The van der Waals surface area contributed by atoms with E-state index in [1.54, 1.807) is 32.2 Å². The molecule has 0 atom stereocenters. The highest BCUT2D eigenvalue weighted by molar-refractivity contribution is 6.04. The van der Waals surface area contributed by atoms with Crippen molar-refractivity contribution >= 4 is 17.4 Å². The molecule has 118 valence electrons. The van der Waals surface area contributed by atoms with Crippen LogP contribution >= 0.6 is 0 Å². The van der Waals surface area contributed by atoms with Crippen molar-refractivity contribution < 1.29 is 9.53 Å². The molecule has 0 saturated carbocycles. The average Bonchev–Trinajstić information content (AvgIpc) is 2.87. The first-order valence-corrected chi connectivity index (χ1v) is 7.31. The van der Waals surface area contributed by atoms with E-state index in [0.29, 0.717) is 35.2 Å². The molecule has 0 saturated heterocycles. The quantitative estimate of drug-likeness (QED) is 0.800. The van der Waals surface area contributed by atoms with Crippen molar-refractivity contribution in [3.63, 3.8) is 0 Å². The molecule has 0 radical (unpaired) electrons. The van der Waals surface area contributed by atoms with Gasteiger partial charge in [0.05, 0.1) is 17.9 Å². The number of nitrogens with zero attached hydrogens (tertiary/aromatic N) is 4. The molecule has 1 N–H and O–H groups in total. The molecule has 0 aliphatic rings. The van der Waals surface area contributed by atoms with Crippen molar-refractivity contribution in [2.75, 3.05) is 11.9 Å². The molecule has 0 unspecified atom stereocenters. The molecule has 0 aliphatic heterocycles. The van der Waals surface area contributed by atoms with E-state index >= 15 is 0 Å². The van der Waals surface area contributed by atoms with Gasteiger partial charge in [0.15, 0.2) is 0 Å². The van der Waals surface area contributed by atoms with Gasteiger partial charge >= 0.3 is 0 Å². The van der Waals surface area contributed by atoms with Crippen LogP contribution in [0.4, 0.5) is 5.69 Å². The Kier molecular flexibility index (Phi) is 3.92. The zero-order chi connectivity index (χ0) is 16.4. The number of amides is 1. The lowest BCUT2D eigenvalue weighted by molar-refractivity contribution is 0.102. The molecular weight excluding hydrogens is 294 g/mol. The number of fused-ring (bicyclic) bond motifs is 1. The summed E-state index contributed by atoms with van der Waals surface area (Å²) in [4.78, 5) is 20.9. The highest BCUT2D eigenvalue weighted by Gasteiger charge is 2.14. The molecule has 7 heteroatoms. The van der Waals surface area contributed by atoms with E-state index in [-0.39, 0.29) is 5.91 Å². The van der Waals surface area contributed by atoms with Crippen LogP contribution in [0, 0.1) is 13.8 Å². The maximum Gasteiger partial charge on any atom is 0.259 e. The van der Waals surface area contributed by atoms with Crippen molar-refractivity contribution in [3.8, 4) is 5.75 Å². The van der Waals surface area contributed by atoms with Gasteiger partial charge in [0.2, 0.25) is 0 Å². The Morgan fingerprint density at radius 1 is 1.22 bits per heavy atom. The summed E-state index contributed by atoms with van der Waals surface area (Å²) in [7, 11) is 0. The third kappa shape index (κ3) is 3.13. The highest BCUT2D eigenvalue weighted by atomic mass is 16.5. The summed E-state index contributed by atoms with van der Waals surface area (Å²) in [6.07, 6.45) is 1.64. The molecule has 7 nitrogen and oxygen atoms in total. The number of aromatic nitrogens is 4. The monoisotopic (exact) mass is 311 g/mol. The van der Waals surface area contributed by atoms with Crippen LogP contribution in [0.5, 0.6) is 5.75 Å². The van der Waals surface area contributed by atoms with Crippen LogP contribution in [0.15, 0.2) is 30.5 Å². The van der Waals surface area contributed by atoms with Crippen LogP contribution in [-0.2, 0) is 0 Å². The van der Waals surface area contributed by atoms with Gasteiger partial charge in [-0.15, -0.1) is 0 Å². The van der Waals surface area contributed by atoms with E-state index in [4.69, 9.17) is 4.74 Å². The van der Waals surface area contributed by atoms with Gasteiger partial charge in [-0.25, -0.2) is 9.50 Å². The lowest BCUT2D eigenvalue weighted by Gasteiger charge is -2.08. The maximum absolute atomic E-state index is 12.5. The molecule has 1 amide bonds. The van der Waals surface area contributed by atoms with Crippen molar-refractivity contribution in [1.82, 2.24) is 19.6 Å². The summed E-state index contributed by atoms with van der Waals surface area (Å²) in [6.45, 7) is 6.09. The van der Waals surface area contributed by atoms with Crippen molar-refractivity contribution in [2.24, 2.45) is 0 Å². The number of carbonyl (C=O) groups excluding carboxylic acids is 1. The van der Waals surface area contributed by atoms with Gasteiger partial charge in [-0.1, -0.05) is 0 Å². The van der Waals surface area contributed by atoms with Crippen molar-refractivity contribution in [2.45, 2.75) is 20.8 Å². The van der Waals surface area contributed by atoms with Gasteiger partial charge in [-0.3, -0.25) is 4.79 Å². The van der Waals surface area contributed by atoms with E-state index in [2.05, 4.69) is 20.4 Å². The Bertz CT molecular complexity index is 855. The molecule has 2 heterocycles. The lowest BCUT2D eigenvalue weighted by Crippen LogP contribution is -2.15. The predicted octanol–water partition coefficient (Wildman–Crippen LogP) is 2.39. The number of ether oxygens (including phenoxy) is 1. The highest BCUT2D eigenvalue weighted by Crippen LogP contribution is 2.17. The van der Waals surface area contributed by atoms with E-state index in [9.17, 15) is 4.79 Å². The van der Waals surface area contributed by atoms with Gasteiger partial charge in [0.25, 0.3) is 11.7 Å². The average molecular weight is 311 g/mol. The number of carbonyl (C=O) groups is 1. The van der Waals surface area contributed by atoms with Crippen LogP contribution in [0.3, 0.4) is 0 Å². The molecule has 23 heavy (non-hydrogen) atoms. The second-order valence-corrected chi connectivity index (χ2v) is 5.06. The van der Waals surface area contributed by atoms with E-state index < -0.39 is 0 Å². The second kappa shape index (κ2) is 6.04. The number of aryl methyl sites for hydroxylation is 2. The minimum Gasteiger partial charge on any atom is -0.494 e. The van der Waals surface area contributed by atoms with E-state index in [0.717, 1.165) is 5.75 Å². The summed E-state index contributed by atoms with van der Waals surface area (Å²) >= 11 is 0. The fraction of sp³-hybridized carbons (Fsp3) is 0.250. The zero-order valence-corrected chi connectivity index (χ0v) is 13.2. The summed E-state index contributed by atoms with van der Waals surface area (Å²) in [5, 5.41) is 7.03. The molecule has 0 bridgehead atoms. The molecule has 3 rings (SSSR count). The van der Waals surface area contributed by atoms with Crippen LogP contribution in [0.25, 0.3) is 5.78 Å². The fourth-order valence-electron chi connectivity index (χ4n) is 2.23. The summed E-state index contributed by atoms with van der Waals surface area (Å²) in [5.74, 6) is 1.62. The van der Waals surface area contributed by atoms with E-state index in [1.165, 1.54) is 4.52 Å². The standard InChI is InChI=1S/C16H17N5O2/c1-4-23-13-7-5-12(6-8-13)19-15(22)14-9-21-16(17-10(14)2)18-11(3)20-21/h5-9H,4H2,1-3H3,(H,19,22). The van der Waals surface area contributed by atoms with Gasteiger partial charge < -0.3 is 10.1 Å². The lowest BCUT2D eigenvalue weighted by atomic mass is 10.2. The van der Waals surface area contributed by atoms with Gasteiger partial charge in [-0.05, 0) is 45.0 Å². The topological polar surface area (TPSA) is 81.4 Å². The molecule has 0 spiro atoms. The summed E-state index contributed by atoms with van der Waals surface area (Å²) in [6, 6.07) is 7.22. The third-order valence-corrected chi connectivity index (χ3v) is 3.30. The first-order chi connectivity index (χ1) is 11.1. The molecule has 1 aromatic carbocycles. The molecular formula is C16H17N5O2. The van der Waals surface area contributed by atoms with Gasteiger partial charge in [0, 0.05) is 11.9 Å². The van der Waals surface area contributed by atoms with E-state index in [1.807, 2.05) is 19.1 Å². The summed E-state index contributed by atoms with van der Waals surface area (Å²) < 4.78 is 6.89. The Balaban J connectivity index is 1.83. The second-order valence-electron chi connectivity index (χ2n) is 5.06. The van der Waals surface area contributed by atoms with Crippen molar-refractivity contribution in [3.05, 3.63) is 47.5 Å². The number of anilines is 1. The largest absolute Gasteiger partial charge is 0.494 e. The normalized spacial score (nSPS) is 10.7. The first-order valence-electron chi connectivity index (χ1n) is 7.31. The van der Waals surface area contributed by atoms with Crippen molar-refractivity contribution in [1.29, 1.82) is 0 Å². The number of nitrogens with one attached hydrogen (secondary N) is 1. The third-order valence-electron chi connectivity index (χ3n) is 3.30. The Morgan fingerprint density at radius 3 is 2.65 bits per heavy atom. The molecule has 2 aromatic heterocycles. The number of benzene rings is 1. The predicted molar refractivity (Wildman–Crippen MR) is 85.8 cm³/mol. The van der Waals surface area contributed by atoms with Crippen LogP contribution < -0.4 is 10.1 Å².